The zero-order valence-electron chi connectivity index (χ0n) is 11.8. The van der Waals surface area contributed by atoms with E-state index in [1.807, 2.05) is 0 Å². The number of carbonyl (C=O) groups is 2. The Morgan fingerprint density at radius 2 is 1.81 bits per heavy atom. The maximum atomic E-state index is 13.5. The molecular formula is C16H15FN2O2. The molecule has 0 aliphatic heterocycles. The lowest BCUT2D eigenvalue weighted by Gasteiger charge is -2.16. The predicted molar refractivity (Wildman–Crippen MR) is 79.9 cm³/mol. The van der Waals surface area contributed by atoms with Crippen molar-refractivity contribution in [3.05, 3.63) is 59.9 Å². The molecule has 0 aliphatic rings. The fraction of sp³-hybridized carbons (Fsp3) is 0.125. The number of carbonyl (C=O) groups excluding carboxylic acids is 2. The first-order valence-corrected chi connectivity index (χ1v) is 6.39. The molecule has 0 spiro atoms. The summed E-state index contributed by atoms with van der Waals surface area (Å²) in [6.07, 6.45) is 0. The molecule has 0 heterocycles. The van der Waals surface area contributed by atoms with E-state index in [0.29, 0.717) is 11.4 Å². The van der Waals surface area contributed by atoms with Crippen molar-refractivity contribution in [2.45, 2.75) is 6.92 Å². The minimum absolute atomic E-state index is 0.0252. The SMILES string of the molecule is CC(=O)N(C)c1cccc(NC(=O)c2ccccc2F)c1. The number of hydrogen-bond acceptors (Lipinski definition) is 2. The topological polar surface area (TPSA) is 49.4 Å². The molecular weight excluding hydrogens is 271 g/mol. The summed E-state index contributed by atoms with van der Waals surface area (Å²) >= 11 is 0. The molecule has 5 heteroatoms. The van der Waals surface area contributed by atoms with Crippen molar-refractivity contribution in [3.63, 3.8) is 0 Å². The van der Waals surface area contributed by atoms with Crippen molar-refractivity contribution in [2.75, 3.05) is 17.3 Å². The third-order valence-electron chi connectivity index (χ3n) is 3.08. The number of amides is 2. The van der Waals surface area contributed by atoms with Gasteiger partial charge in [0.25, 0.3) is 5.91 Å². The molecule has 0 unspecified atom stereocenters. The molecule has 0 bridgehead atoms. The number of rotatable bonds is 3. The van der Waals surface area contributed by atoms with Gasteiger partial charge in [-0.1, -0.05) is 18.2 Å². The fourth-order valence-corrected chi connectivity index (χ4v) is 1.82. The van der Waals surface area contributed by atoms with Crippen molar-refractivity contribution >= 4 is 23.2 Å². The predicted octanol–water partition coefficient (Wildman–Crippen LogP) is 3.06. The Kier molecular flexibility index (Phi) is 4.33. The smallest absolute Gasteiger partial charge is 0.258 e. The van der Waals surface area contributed by atoms with Crippen LogP contribution in [-0.2, 0) is 4.79 Å². The first kappa shape index (κ1) is 14.7. The minimum atomic E-state index is -0.577. The molecule has 0 saturated heterocycles. The summed E-state index contributed by atoms with van der Waals surface area (Å²) < 4.78 is 13.5. The molecule has 0 atom stereocenters. The maximum Gasteiger partial charge on any atom is 0.258 e. The molecule has 0 aliphatic carbocycles. The van der Waals surface area contributed by atoms with Gasteiger partial charge in [-0.25, -0.2) is 4.39 Å². The molecule has 0 fully saturated rings. The molecule has 4 nitrogen and oxygen atoms in total. The second kappa shape index (κ2) is 6.17. The molecule has 0 saturated carbocycles. The maximum absolute atomic E-state index is 13.5. The van der Waals surface area contributed by atoms with Crippen molar-refractivity contribution in [1.29, 1.82) is 0 Å². The average Bonchev–Trinajstić information content (AvgIpc) is 2.47. The monoisotopic (exact) mass is 286 g/mol. The molecule has 2 aromatic carbocycles. The van der Waals surface area contributed by atoms with E-state index in [9.17, 15) is 14.0 Å². The van der Waals surface area contributed by atoms with Crippen LogP contribution in [0.5, 0.6) is 0 Å². The largest absolute Gasteiger partial charge is 0.322 e. The van der Waals surface area contributed by atoms with Gasteiger partial charge in [-0.3, -0.25) is 9.59 Å². The molecule has 2 rings (SSSR count). The number of nitrogens with one attached hydrogen (secondary N) is 1. The number of nitrogens with zero attached hydrogens (tertiary/aromatic N) is 1. The van der Waals surface area contributed by atoms with Gasteiger partial charge in [0.15, 0.2) is 0 Å². The highest BCUT2D eigenvalue weighted by Crippen LogP contribution is 2.19. The molecule has 2 amide bonds. The zero-order chi connectivity index (χ0) is 15.4. The molecule has 0 radical (unpaired) electrons. The molecule has 0 aromatic heterocycles. The third-order valence-corrected chi connectivity index (χ3v) is 3.08. The van der Waals surface area contributed by atoms with Crippen LogP contribution in [0.15, 0.2) is 48.5 Å². The summed E-state index contributed by atoms with van der Waals surface area (Å²) in [5.41, 5.74) is 1.12. The Bertz CT molecular complexity index is 685. The van der Waals surface area contributed by atoms with Crippen molar-refractivity contribution < 1.29 is 14.0 Å². The Labute approximate surface area is 122 Å². The molecule has 1 N–H and O–H groups in total. The molecule has 108 valence electrons. The van der Waals surface area contributed by atoms with Gasteiger partial charge in [0.1, 0.15) is 5.82 Å². The lowest BCUT2D eigenvalue weighted by Crippen LogP contribution is -2.23. The van der Waals surface area contributed by atoms with Crippen LogP contribution in [-0.4, -0.2) is 18.9 Å². The van der Waals surface area contributed by atoms with Gasteiger partial charge in [0, 0.05) is 25.3 Å². The van der Waals surface area contributed by atoms with Crippen molar-refractivity contribution in [1.82, 2.24) is 0 Å². The van der Waals surface area contributed by atoms with E-state index in [0.717, 1.165) is 0 Å². The van der Waals surface area contributed by atoms with Gasteiger partial charge >= 0.3 is 0 Å². The van der Waals surface area contributed by atoms with Crippen LogP contribution >= 0.6 is 0 Å². The Morgan fingerprint density at radius 1 is 1.10 bits per heavy atom. The molecule has 2 aromatic rings. The van der Waals surface area contributed by atoms with Crippen LogP contribution in [0.4, 0.5) is 15.8 Å². The van der Waals surface area contributed by atoms with Gasteiger partial charge in [-0.05, 0) is 30.3 Å². The van der Waals surface area contributed by atoms with E-state index in [1.165, 1.54) is 30.0 Å². The number of hydrogen-bond donors (Lipinski definition) is 1. The Hall–Kier alpha value is -2.69. The van der Waals surface area contributed by atoms with Gasteiger partial charge in [-0.15, -0.1) is 0 Å². The van der Waals surface area contributed by atoms with Crippen LogP contribution in [0.25, 0.3) is 0 Å². The average molecular weight is 286 g/mol. The normalized spacial score (nSPS) is 10.0. The highest BCUT2D eigenvalue weighted by Gasteiger charge is 2.12. The second-order valence-electron chi connectivity index (χ2n) is 4.56. The lowest BCUT2D eigenvalue weighted by molar-refractivity contribution is -0.116. The summed E-state index contributed by atoms with van der Waals surface area (Å²) in [5, 5.41) is 2.62. The summed E-state index contributed by atoms with van der Waals surface area (Å²) in [7, 11) is 1.64. The fourth-order valence-electron chi connectivity index (χ4n) is 1.82. The summed E-state index contributed by atoms with van der Waals surface area (Å²) in [4.78, 5) is 24.8. The van der Waals surface area contributed by atoms with Gasteiger partial charge in [0.2, 0.25) is 5.91 Å². The van der Waals surface area contributed by atoms with Gasteiger partial charge in [0.05, 0.1) is 5.56 Å². The second-order valence-corrected chi connectivity index (χ2v) is 4.56. The quantitative estimate of drug-likeness (QED) is 0.942. The van der Waals surface area contributed by atoms with E-state index in [-0.39, 0.29) is 11.5 Å². The highest BCUT2D eigenvalue weighted by atomic mass is 19.1. The third kappa shape index (κ3) is 3.45. The van der Waals surface area contributed by atoms with Gasteiger partial charge < -0.3 is 10.2 Å². The van der Waals surface area contributed by atoms with Crippen LogP contribution in [0, 0.1) is 5.82 Å². The van der Waals surface area contributed by atoms with Crippen molar-refractivity contribution in [3.8, 4) is 0 Å². The lowest BCUT2D eigenvalue weighted by atomic mass is 10.2. The van der Waals surface area contributed by atoms with Crippen molar-refractivity contribution in [2.24, 2.45) is 0 Å². The summed E-state index contributed by atoms with van der Waals surface area (Å²) in [6, 6.07) is 12.6. The minimum Gasteiger partial charge on any atom is -0.322 e. The summed E-state index contributed by atoms with van der Waals surface area (Å²) in [6.45, 7) is 1.45. The van der Waals surface area contributed by atoms with Crippen LogP contribution in [0.2, 0.25) is 0 Å². The van der Waals surface area contributed by atoms with E-state index < -0.39 is 11.7 Å². The van der Waals surface area contributed by atoms with E-state index >= 15 is 0 Å². The number of anilines is 2. The first-order valence-electron chi connectivity index (χ1n) is 6.39. The first-order chi connectivity index (χ1) is 9.99. The van der Waals surface area contributed by atoms with E-state index in [1.54, 1.807) is 37.4 Å². The number of benzene rings is 2. The Morgan fingerprint density at radius 3 is 2.48 bits per heavy atom. The van der Waals surface area contributed by atoms with E-state index in [4.69, 9.17) is 0 Å². The summed E-state index contributed by atoms with van der Waals surface area (Å²) in [5.74, 6) is -1.23. The van der Waals surface area contributed by atoms with Crippen LogP contribution < -0.4 is 10.2 Å². The van der Waals surface area contributed by atoms with Gasteiger partial charge in [-0.2, -0.15) is 0 Å². The zero-order valence-corrected chi connectivity index (χ0v) is 11.8. The highest BCUT2D eigenvalue weighted by molar-refractivity contribution is 6.04. The van der Waals surface area contributed by atoms with Crippen LogP contribution in [0.1, 0.15) is 17.3 Å². The standard InChI is InChI=1S/C16H15FN2O2/c1-11(20)19(2)13-7-5-6-12(10-13)18-16(21)14-8-3-4-9-15(14)17/h3-10H,1-2H3,(H,18,21). The van der Waals surface area contributed by atoms with Crippen LogP contribution in [0.3, 0.4) is 0 Å². The number of halogens is 1. The molecule has 21 heavy (non-hydrogen) atoms. The Balaban J connectivity index is 2.21. The van der Waals surface area contributed by atoms with E-state index in [2.05, 4.69) is 5.32 Å².